The molecule has 2 N–H and O–H groups in total. The minimum absolute atomic E-state index is 0.0594. The van der Waals surface area contributed by atoms with Crippen molar-refractivity contribution in [2.75, 3.05) is 19.6 Å². The Labute approximate surface area is 130 Å². The van der Waals surface area contributed by atoms with E-state index in [0.717, 1.165) is 18.7 Å². The van der Waals surface area contributed by atoms with Gasteiger partial charge in [-0.2, -0.15) is 0 Å². The summed E-state index contributed by atoms with van der Waals surface area (Å²) in [5, 5.41) is 3.04. The molecule has 0 aromatic carbocycles. The van der Waals surface area contributed by atoms with Gasteiger partial charge in [-0.15, -0.1) is 0 Å². The fourth-order valence-electron chi connectivity index (χ4n) is 3.02. The van der Waals surface area contributed by atoms with Crippen LogP contribution in [0.3, 0.4) is 0 Å². The zero-order valence-electron chi connectivity index (χ0n) is 12.7. The summed E-state index contributed by atoms with van der Waals surface area (Å²) in [6, 6.07) is 7.85. The second kappa shape index (κ2) is 7.22. The van der Waals surface area contributed by atoms with E-state index in [-0.39, 0.29) is 11.9 Å². The molecule has 0 bridgehead atoms. The van der Waals surface area contributed by atoms with E-state index >= 15 is 0 Å². The molecule has 22 heavy (non-hydrogen) atoms. The minimum atomic E-state index is -0.0594. The summed E-state index contributed by atoms with van der Waals surface area (Å²) >= 11 is 0. The molecule has 116 valence electrons. The lowest BCUT2D eigenvalue weighted by Crippen LogP contribution is -2.40. The first kappa shape index (κ1) is 14.8. The van der Waals surface area contributed by atoms with Crippen molar-refractivity contribution in [1.29, 1.82) is 0 Å². The van der Waals surface area contributed by atoms with Crippen LogP contribution in [0.1, 0.15) is 41.4 Å². The average Bonchev–Trinajstić information content (AvgIpc) is 3.11. The second-order valence-electron chi connectivity index (χ2n) is 5.69. The molecule has 1 unspecified atom stereocenters. The van der Waals surface area contributed by atoms with Crippen LogP contribution >= 0.6 is 0 Å². The van der Waals surface area contributed by atoms with Gasteiger partial charge in [-0.3, -0.25) is 14.7 Å². The monoisotopic (exact) mass is 298 g/mol. The second-order valence-corrected chi connectivity index (χ2v) is 5.69. The third-order valence-electron chi connectivity index (χ3n) is 4.20. The molecule has 3 rings (SSSR count). The largest absolute Gasteiger partial charge is 0.357 e. The van der Waals surface area contributed by atoms with Crippen molar-refractivity contribution in [2.45, 2.75) is 25.3 Å². The molecular weight excluding hydrogens is 276 g/mol. The van der Waals surface area contributed by atoms with Crippen LogP contribution in [-0.4, -0.2) is 40.4 Å². The maximum absolute atomic E-state index is 12.1. The van der Waals surface area contributed by atoms with Gasteiger partial charge in [-0.05, 0) is 49.7 Å². The molecule has 0 saturated carbocycles. The van der Waals surface area contributed by atoms with Crippen molar-refractivity contribution in [2.24, 2.45) is 0 Å². The van der Waals surface area contributed by atoms with Crippen LogP contribution in [0, 0.1) is 0 Å². The van der Waals surface area contributed by atoms with Gasteiger partial charge >= 0.3 is 0 Å². The Hall–Kier alpha value is -2.14. The summed E-state index contributed by atoms with van der Waals surface area (Å²) in [5.41, 5.74) is 1.76. The SMILES string of the molecule is O=C(NCC(c1cccnc1)N1CCCCC1)c1ccc[nH]1. The number of piperidine rings is 1. The number of nitrogens with one attached hydrogen (secondary N) is 2. The van der Waals surface area contributed by atoms with Gasteiger partial charge in [0.1, 0.15) is 5.69 Å². The number of carbonyl (C=O) groups excluding carboxylic acids is 1. The lowest BCUT2D eigenvalue weighted by atomic mass is 10.0. The number of hydrogen-bond donors (Lipinski definition) is 2. The van der Waals surface area contributed by atoms with Crippen molar-refractivity contribution >= 4 is 5.91 Å². The van der Waals surface area contributed by atoms with Gasteiger partial charge in [0.05, 0.1) is 6.04 Å². The molecule has 0 radical (unpaired) electrons. The number of likely N-dealkylation sites (tertiary alicyclic amines) is 1. The van der Waals surface area contributed by atoms with E-state index in [1.54, 1.807) is 18.5 Å². The fraction of sp³-hybridized carbons (Fsp3) is 0.412. The topological polar surface area (TPSA) is 61.0 Å². The summed E-state index contributed by atoms with van der Waals surface area (Å²) in [5.74, 6) is -0.0594. The van der Waals surface area contributed by atoms with Gasteiger partial charge in [0.15, 0.2) is 0 Å². The highest BCUT2D eigenvalue weighted by Gasteiger charge is 2.23. The van der Waals surface area contributed by atoms with E-state index < -0.39 is 0 Å². The van der Waals surface area contributed by atoms with Gasteiger partial charge < -0.3 is 10.3 Å². The van der Waals surface area contributed by atoms with Crippen molar-refractivity contribution in [1.82, 2.24) is 20.2 Å². The number of rotatable bonds is 5. The van der Waals surface area contributed by atoms with Crippen LogP contribution < -0.4 is 5.32 Å². The summed E-state index contributed by atoms with van der Waals surface area (Å²) in [4.78, 5) is 21.8. The van der Waals surface area contributed by atoms with E-state index in [1.165, 1.54) is 19.3 Å². The Morgan fingerprint density at radius 3 is 2.82 bits per heavy atom. The van der Waals surface area contributed by atoms with Gasteiger partial charge in [0.2, 0.25) is 0 Å². The fourth-order valence-corrected chi connectivity index (χ4v) is 3.02. The maximum Gasteiger partial charge on any atom is 0.267 e. The third kappa shape index (κ3) is 3.54. The molecule has 1 fully saturated rings. The lowest BCUT2D eigenvalue weighted by molar-refractivity contribution is 0.0920. The van der Waals surface area contributed by atoms with Crippen LogP contribution in [-0.2, 0) is 0 Å². The van der Waals surface area contributed by atoms with Crippen LogP contribution in [0.4, 0.5) is 0 Å². The molecule has 1 saturated heterocycles. The quantitative estimate of drug-likeness (QED) is 0.891. The Morgan fingerprint density at radius 1 is 1.27 bits per heavy atom. The number of hydrogen-bond acceptors (Lipinski definition) is 3. The Balaban J connectivity index is 1.69. The van der Waals surface area contributed by atoms with Crippen molar-refractivity contribution in [3.63, 3.8) is 0 Å². The summed E-state index contributed by atoms with van der Waals surface area (Å²) in [6.07, 6.45) is 9.19. The molecule has 5 heteroatoms. The first-order valence-corrected chi connectivity index (χ1v) is 7.90. The predicted octanol–water partition coefficient (Wildman–Crippen LogP) is 2.37. The number of amides is 1. The highest BCUT2D eigenvalue weighted by atomic mass is 16.1. The molecule has 2 aromatic heterocycles. The van der Waals surface area contributed by atoms with Gasteiger partial charge in [-0.1, -0.05) is 12.5 Å². The van der Waals surface area contributed by atoms with Crippen LogP contribution in [0.25, 0.3) is 0 Å². The van der Waals surface area contributed by atoms with E-state index in [1.807, 2.05) is 18.3 Å². The highest BCUT2D eigenvalue weighted by Crippen LogP contribution is 2.23. The third-order valence-corrected chi connectivity index (χ3v) is 4.20. The van der Waals surface area contributed by atoms with Crippen molar-refractivity contribution < 1.29 is 4.79 Å². The molecule has 5 nitrogen and oxygen atoms in total. The van der Waals surface area contributed by atoms with Gasteiger partial charge in [-0.25, -0.2) is 0 Å². The molecule has 3 heterocycles. The molecule has 1 amide bonds. The molecule has 1 atom stereocenters. The number of carbonyl (C=O) groups is 1. The molecular formula is C17H22N4O. The average molecular weight is 298 g/mol. The molecule has 0 spiro atoms. The number of H-pyrrole nitrogens is 1. The van der Waals surface area contributed by atoms with E-state index in [0.29, 0.717) is 12.2 Å². The zero-order chi connectivity index (χ0) is 15.2. The van der Waals surface area contributed by atoms with Crippen molar-refractivity contribution in [3.05, 3.63) is 54.1 Å². The number of aromatic amines is 1. The van der Waals surface area contributed by atoms with Crippen LogP contribution in [0.5, 0.6) is 0 Å². The number of aromatic nitrogens is 2. The number of nitrogens with zero attached hydrogens (tertiary/aromatic N) is 2. The summed E-state index contributed by atoms with van der Waals surface area (Å²) in [7, 11) is 0. The predicted molar refractivity (Wildman–Crippen MR) is 85.5 cm³/mol. The maximum atomic E-state index is 12.1. The first-order valence-electron chi connectivity index (χ1n) is 7.90. The van der Waals surface area contributed by atoms with Gasteiger partial charge in [0.25, 0.3) is 5.91 Å². The smallest absolute Gasteiger partial charge is 0.267 e. The van der Waals surface area contributed by atoms with E-state index in [9.17, 15) is 4.79 Å². The standard InChI is InChI=1S/C17H22N4O/c22-17(15-7-5-9-19-15)20-13-16(14-6-4-8-18-12-14)21-10-2-1-3-11-21/h4-9,12,16,19H,1-3,10-11,13H2,(H,20,22). The first-order chi connectivity index (χ1) is 10.8. The lowest BCUT2D eigenvalue weighted by Gasteiger charge is -2.34. The summed E-state index contributed by atoms with van der Waals surface area (Å²) in [6.45, 7) is 2.76. The van der Waals surface area contributed by atoms with Crippen molar-refractivity contribution in [3.8, 4) is 0 Å². The molecule has 0 aliphatic carbocycles. The van der Waals surface area contributed by atoms with Gasteiger partial charge in [0, 0.05) is 25.1 Å². The summed E-state index contributed by atoms with van der Waals surface area (Å²) < 4.78 is 0. The number of pyridine rings is 1. The minimum Gasteiger partial charge on any atom is -0.357 e. The van der Waals surface area contributed by atoms with E-state index in [4.69, 9.17) is 0 Å². The Morgan fingerprint density at radius 2 is 2.14 bits per heavy atom. The molecule has 2 aromatic rings. The Kier molecular flexibility index (Phi) is 4.85. The molecule has 1 aliphatic heterocycles. The highest BCUT2D eigenvalue weighted by molar-refractivity contribution is 5.92. The normalized spacial score (nSPS) is 17.1. The van der Waals surface area contributed by atoms with E-state index in [2.05, 4.69) is 26.3 Å². The molecule has 1 aliphatic rings. The van der Waals surface area contributed by atoms with Crippen LogP contribution in [0.15, 0.2) is 42.9 Å². The Bertz CT molecular complexity index is 576. The zero-order valence-corrected chi connectivity index (χ0v) is 12.7. The van der Waals surface area contributed by atoms with Crippen LogP contribution in [0.2, 0.25) is 0 Å².